The molecule has 1 atom stereocenters. The van der Waals surface area contributed by atoms with Crippen LogP contribution < -0.4 is 11.4 Å². The Morgan fingerprint density at radius 1 is 1.12 bits per heavy atom. The van der Waals surface area contributed by atoms with Gasteiger partial charge in [0.2, 0.25) is 0 Å². The molecule has 1 heterocycles. The maximum Gasteiger partial charge on any atom is 0.443 e. The summed E-state index contributed by atoms with van der Waals surface area (Å²) < 4.78 is 7.72. The Morgan fingerprint density at radius 3 is 2.15 bits per heavy atom. The van der Waals surface area contributed by atoms with Gasteiger partial charge < -0.3 is 4.52 Å². The monoisotopic (exact) mass is 441 g/mol. The molecule has 0 N–H and O–H groups in total. The lowest BCUT2D eigenvalue weighted by Crippen LogP contribution is -2.29. The first-order valence-electron chi connectivity index (χ1n) is 9.09. The van der Waals surface area contributed by atoms with Crippen molar-refractivity contribution in [2.24, 2.45) is 0 Å². The van der Waals surface area contributed by atoms with Gasteiger partial charge in [-0.1, -0.05) is 76.1 Å². The largest absolute Gasteiger partial charge is 0.443 e. The first-order chi connectivity index (χ1) is 12.1. The van der Waals surface area contributed by atoms with E-state index in [-0.39, 0.29) is 16.3 Å². The SMILES string of the molecule is CCCN(CCC)P(=S)(SCn1c(=O)on(CCC)c1=O)SC(C)(C)C. The summed E-state index contributed by atoms with van der Waals surface area (Å²) in [4.78, 5) is 24.5. The van der Waals surface area contributed by atoms with Crippen LogP contribution in [0.25, 0.3) is 0 Å². The summed E-state index contributed by atoms with van der Waals surface area (Å²) in [7, 11) is 0. The van der Waals surface area contributed by atoms with E-state index < -0.39 is 10.3 Å². The molecule has 0 radical (unpaired) electrons. The van der Waals surface area contributed by atoms with Gasteiger partial charge in [-0.05, 0) is 19.3 Å². The normalized spacial score (nSPS) is 14.7. The fourth-order valence-corrected chi connectivity index (χ4v) is 15.4. The molecule has 0 spiro atoms. The summed E-state index contributed by atoms with van der Waals surface area (Å²) in [5.41, 5.74) is -0.385. The van der Waals surface area contributed by atoms with Crippen LogP contribution in [0.3, 0.4) is 0 Å². The second kappa shape index (κ2) is 10.6. The predicted octanol–water partition coefficient (Wildman–Crippen LogP) is 4.58. The molecule has 1 aromatic heterocycles. The smallest absolute Gasteiger partial charge is 0.317 e. The third kappa shape index (κ3) is 6.89. The van der Waals surface area contributed by atoms with Crippen LogP contribution in [0.2, 0.25) is 0 Å². The van der Waals surface area contributed by atoms with Crippen LogP contribution >= 0.6 is 27.4 Å². The quantitative estimate of drug-likeness (QED) is 0.466. The zero-order valence-corrected chi connectivity index (χ0v) is 20.0. The summed E-state index contributed by atoms with van der Waals surface area (Å²) in [6.07, 6.45) is 2.79. The molecular weight excluding hydrogens is 409 g/mol. The van der Waals surface area contributed by atoms with Crippen LogP contribution in [-0.4, -0.2) is 31.8 Å². The van der Waals surface area contributed by atoms with E-state index in [0.29, 0.717) is 6.54 Å². The van der Waals surface area contributed by atoms with Gasteiger partial charge in [-0.25, -0.2) is 14.2 Å². The number of nitrogens with zero attached hydrogens (tertiary/aromatic N) is 3. The Balaban J connectivity index is 3.12. The molecule has 0 saturated heterocycles. The van der Waals surface area contributed by atoms with Crippen LogP contribution in [0, 0.1) is 0 Å². The minimum atomic E-state index is -2.04. The van der Waals surface area contributed by atoms with Crippen molar-refractivity contribution < 1.29 is 4.52 Å². The van der Waals surface area contributed by atoms with Crippen LogP contribution in [0.4, 0.5) is 0 Å². The Labute approximate surface area is 169 Å². The highest BCUT2D eigenvalue weighted by molar-refractivity contribution is 8.99. The first-order valence-corrected chi connectivity index (χ1v) is 14.9. The van der Waals surface area contributed by atoms with Crippen molar-refractivity contribution in [3.05, 3.63) is 21.0 Å². The first kappa shape index (κ1) is 24.1. The highest BCUT2D eigenvalue weighted by Gasteiger charge is 2.32. The topological polar surface area (TPSA) is 60.4 Å². The molecule has 10 heteroatoms. The van der Waals surface area contributed by atoms with Crippen LogP contribution in [0.5, 0.6) is 0 Å². The van der Waals surface area contributed by atoms with Crippen LogP contribution in [0.1, 0.15) is 60.8 Å². The van der Waals surface area contributed by atoms with Gasteiger partial charge in [-0.3, -0.25) is 4.67 Å². The Hall–Kier alpha value is 0.0500. The van der Waals surface area contributed by atoms with Crippen molar-refractivity contribution in [1.29, 1.82) is 0 Å². The van der Waals surface area contributed by atoms with E-state index in [2.05, 4.69) is 39.3 Å². The Morgan fingerprint density at radius 2 is 1.69 bits per heavy atom. The fraction of sp³-hybridized carbons (Fsp3) is 0.875. The second-order valence-corrected chi connectivity index (χ2v) is 18.6. The zero-order chi connectivity index (χ0) is 20.0. The van der Waals surface area contributed by atoms with Crippen molar-refractivity contribution in [3.8, 4) is 0 Å². The number of aromatic nitrogens is 2. The van der Waals surface area contributed by atoms with Crippen molar-refractivity contribution in [1.82, 2.24) is 14.0 Å². The summed E-state index contributed by atoms with van der Waals surface area (Å²) in [6.45, 7) is 15.0. The third-order valence-corrected chi connectivity index (χ3v) is 14.9. The lowest BCUT2D eigenvalue weighted by molar-refractivity contribution is 0.241. The van der Waals surface area contributed by atoms with Gasteiger partial charge in [0.1, 0.15) is 4.59 Å². The molecule has 0 aliphatic carbocycles. The van der Waals surface area contributed by atoms with E-state index in [4.69, 9.17) is 16.3 Å². The Kier molecular flexibility index (Phi) is 9.78. The average Bonchev–Trinajstić information content (AvgIpc) is 2.78. The van der Waals surface area contributed by atoms with E-state index in [9.17, 15) is 9.59 Å². The van der Waals surface area contributed by atoms with Crippen molar-refractivity contribution in [3.63, 3.8) is 0 Å². The minimum Gasteiger partial charge on any atom is -0.317 e. The van der Waals surface area contributed by atoms with Crippen molar-refractivity contribution >= 4 is 39.2 Å². The molecule has 0 aromatic carbocycles. The summed E-state index contributed by atoms with van der Waals surface area (Å²) >= 11 is 9.51. The van der Waals surface area contributed by atoms with Gasteiger partial charge in [-0.2, -0.15) is 4.74 Å². The van der Waals surface area contributed by atoms with E-state index in [0.717, 1.165) is 37.1 Å². The zero-order valence-electron chi connectivity index (χ0n) is 16.7. The second-order valence-electron chi connectivity index (χ2n) is 7.05. The number of aryl methyl sites for hydroxylation is 1. The maximum absolute atomic E-state index is 12.4. The molecule has 0 saturated carbocycles. The van der Waals surface area contributed by atoms with Gasteiger partial charge in [0.15, 0.2) is 0 Å². The molecule has 1 aromatic rings. The van der Waals surface area contributed by atoms with Gasteiger partial charge in [0.25, 0.3) is 0 Å². The summed E-state index contributed by atoms with van der Waals surface area (Å²) in [5, 5.41) is 0. The highest BCUT2D eigenvalue weighted by Crippen LogP contribution is 2.74. The molecule has 0 aliphatic heterocycles. The van der Waals surface area contributed by atoms with Crippen LogP contribution in [0.15, 0.2) is 14.1 Å². The van der Waals surface area contributed by atoms with Crippen molar-refractivity contribution in [2.75, 3.05) is 13.1 Å². The summed E-state index contributed by atoms with van der Waals surface area (Å²) in [5.74, 6) is -0.363. The molecule has 152 valence electrons. The van der Waals surface area contributed by atoms with E-state index in [1.54, 1.807) is 22.8 Å². The molecule has 1 rings (SSSR count). The third-order valence-electron chi connectivity index (χ3n) is 3.33. The van der Waals surface area contributed by atoms with Gasteiger partial charge in [-0.15, -0.1) is 0 Å². The maximum atomic E-state index is 12.4. The standard InChI is InChI=1S/C16H32N3O3PS3/c1-7-10-17(11-8-2)23(24,26-16(4,5)6)25-13-18-14(20)19(12-9-3)22-15(18)21/h7-13H2,1-6H3. The van der Waals surface area contributed by atoms with E-state index in [1.165, 1.54) is 4.57 Å². The molecule has 6 nitrogen and oxygen atoms in total. The number of hydrogen-bond donors (Lipinski definition) is 0. The Bertz CT molecular complexity index is 715. The average molecular weight is 442 g/mol. The lowest BCUT2D eigenvalue weighted by Gasteiger charge is -2.37. The molecule has 0 amide bonds. The molecule has 0 aliphatic rings. The lowest BCUT2D eigenvalue weighted by atomic mass is 10.3. The molecule has 0 fully saturated rings. The number of hydrogen-bond acceptors (Lipinski definition) is 6. The molecule has 26 heavy (non-hydrogen) atoms. The highest BCUT2D eigenvalue weighted by atomic mass is 33.2. The van der Waals surface area contributed by atoms with Gasteiger partial charge in [0, 0.05) is 17.8 Å². The van der Waals surface area contributed by atoms with E-state index in [1.807, 2.05) is 6.92 Å². The van der Waals surface area contributed by atoms with E-state index >= 15 is 0 Å². The van der Waals surface area contributed by atoms with Crippen LogP contribution in [-0.2, 0) is 24.2 Å². The molecule has 0 bridgehead atoms. The molecular formula is C16H32N3O3PS3. The fourth-order valence-electron chi connectivity index (χ4n) is 2.36. The van der Waals surface area contributed by atoms with Gasteiger partial charge in [0.05, 0.1) is 12.4 Å². The van der Waals surface area contributed by atoms with Crippen molar-refractivity contribution in [2.45, 2.75) is 78.0 Å². The molecule has 1 unspecified atom stereocenters. The predicted molar refractivity (Wildman–Crippen MR) is 119 cm³/mol. The minimum absolute atomic E-state index is 0.00599. The number of rotatable bonds is 11. The van der Waals surface area contributed by atoms with Gasteiger partial charge >= 0.3 is 11.4 Å². The summed E-state index contributed by atoms with van der Waals surface area (Å²) in [6, 6.07) is 0.